The van der Waals surface area contributed by atoms with Crippen LogP contribution in [0.2, 0.25) is 0 Å². The summed E-state index contributed by atoms with van der Waals surface area (Å²) in [5.74, 6) is 0.196. The van der Waals surface area contributed by atoms with E-state index in [1.54, 1.807) is 0 Å². The number of aliphatic hydroxyl groups is 1. The van der Waals surface area contributed by atoms with Crippen LogP contribution in [0, 0.1) is 11.3 Å². The van der Waals surface area contributed by atoms with Gasteiger partial charge in [0.2, 0.25) is 11.8 Å². The van der Waals surface area contributed by atoms with Crippen molar-refractivity contribution < 1.29 is 14.7 Å². The van der Waals surface area contributed by atoms with E-state index in [1.807, 2.05) is 0 Å². The summed E-state index contributed by atoms with van der Waals surface area (Å²) in [7, 11) is 0. The Morgan fingerprint density at radius 2 is 1.77 bits per heavy atom. The normalized spacial score (nSPS) is 17.8. The van der Waals surface area contributed by atoms with Crippen LogP contribution in [0.5, 0.6) is 0 Å². The zero-order chi connectivity index (χ0) is 16.6. The van der Waals surface area contributed by atoms with Gasteiger partial charge in [-0.3, -0.25) is 9.59 Å². The van der Waals surface area contributed by atoms with Crippen LogP contribution in [0.1, 0.15) is 65.7 Å². The quantitative estimate of drug-likeness (QED) is 0.672. The second kappa shape index (κ2) is 9.13. The van der Waals surface area contributed by atoms with E-state index >= 15 is 0 Å². The summed E-state index contributed by atoms with van der Waals surface area (Å²) in [5.41, 5.74) is 0.0326. The standard InChI is InChI=1S/C17H32N2O3/c1-17(2,3)10-14(12-20)19-16(22)11-18-15(21)9-13-7-5-4-6-8-13/h13-14,20H,4-12H2,1-3H3,(H,18,21)(H,19,22). The lowest BCUT2D eigenvalue weighted by atomic mass is 9.87. The lowest BCUT2D eigenvalue weighted by Gasteiger charge is -2.25. The third-order valence-electron chi connectivity index (χ3n) is 4.09. The minimum Gasteiger partial charge on any atom is -0.394 e. The average Bonchev–Trinajstić information content (AvgIpc) is 2.44. The first-order valence-electron chi connectivity index (χ1n) is 8.47. The van der Waals surface area contributed by atoms with Crippen LogP contribution >= 0.6 is 0 Å². The van der Waals surface area contributed by atoms with Gasteiger partial charge in [0.25, 0.3) is 0 Å². The molecule has 1 aliphatic carbocycles. The Kier molecular flexibility index (Phi) is 7.87. The van der Waals surface area contributed by atoms with Crippen LogP contribution in [0.3, 0.4) is 0 Å². The number of nitrogens with one attached hydrogen (secondary N) is 2. The van der Waals surface area contributed by atoms with Gasteiger partial charge in [-0.05, 0) is 30.6 Å². The molecule has 1 rings (SSSR count). The Labute approximate surface area is 134 Å². The number of carbonyl (C=O) groups is 2. The van der Waals surface area contributed by atoms with E-state index in [1.165, 1.54) is 19.3 Å². The van der Waals surface area contributed by atoms with Gasteiger partial charge in [0.05, 0.1) is 19.2 Å². The van der Waals surface area contributed by atoms with Crippen LogP contribution in [0.25, 0.3) is 0 Å². The van der Waals surface area contributed by atoms with Crippen molar-refractivity contribution in [2.24, 2.45) is 11.3 Å². The summed E-state index contributed by atoms with van der Waals surface area (Å²) in [5, 5.41) is 14.8. The smallest absolute Gasteiger partial charge is 0.239 e. The molecule has 0 heterocycles. The van der Waals surface area contributed by atoms with E-state index in [2.05, 4.69) is 31.4 Å². The second-order valence-corrected chi connectivity index (χ2v) is 7.70. The zero-order valence-corrected chi connectivity index (χ0v) is 14.3. The lowest BCUT2D eigenvalue weighted by molar-refractivity contribution is -0.127. The van der Waals surface area contributed by atoms with Gasteiger partial charge in [-0.1, -0.05) is 40.0 Å². The Morgan fingerprint density at radius 3 is 2.32 bits per heavy atom. The number of aliphatic hydroxyl groups excluding tert-OH is 1. The van der Waals surface area contributed by atoms with Crippen molar-refractivity contribution in [2.45, 2.75) is 71.8 Å². The first-order chi connectivity index (χ1) is 10.3. The molecule has 0 spiro atoms. The van der Waals surface area contributed by atoms with E-state index in [-0.39, 0.29) is 36.4 Å². The maximum absolute atomic E-state index is 11.9. The molecule has 1 aliphatic rings. The van der Waals surface area contributed by atoms with E-state index in [0.717, 1.165) is 12.8 Å². The molecule has 3 N–H and O–H groups in total. The molecule has 128 valence electrons. The van der Waals surface area contributed by atoms with Gasteiger partial charge in [0.15, 0.2) is 0 Å². The molecule has 1 fully saturated rings. The molecule has 2 amide bonds. The van der Waals surface area contributed by atoms with Crippen LogP contribution < -0.4 is 10.6 Å². The van der Waals surface area contributed by atoms with Crippen molar-refractivity contribution in [3.05, 3.63) is 0 Å². The highest BCUT2D eigenvalue weighted by atomic mass is 16.3. The van der Waals surface area contributed by atoms with Gasteiger partial charge in [0.1, 0.15) is 0 Å². The van der Waals surface area contributed by atoms with Crippen LogP contribution in [-0.4, -0.2) is 36.1 Å². The number of carbonyl (C=O) groups excluding carboxylic acids is 2. The molecule has 0 radical (unpaired) electrons. The molecule has 0 saturated heterocycles. The second-order valence-electron chi connectivity index (χ2n) is 7.70. The van der Waals surface area contributed by atoms with E-state index in [9.17, 15) is 14.7 Å². The van der Waals surface area contributed by atoms with E-state index in [0.29, 0.717) is 18.8 Å². The van der Waals surface area contributed by atoms with Crippen molar-refractivity contribution in [3.8, 4) is 0 Å². The molecule has 0 aromatic carbocycles. The van der Waals surface area contributed by atoms with Crippen LogP contribution in [0.4, 0.5) is 0 Å². The third kappa shape index (κ3) is 8.37. The van der Waals surface area contributed by atoms with Crippen molar-refractivity contribution in [1.29, 1.82) is 0 Å². The van der Waals surface area contributed by atoms with Crippen molar-refractivity contribution in [3.63, 3.8) is 0 Å². The van der Waals surface area contributed by atoms with Gasteiger partial charge in [-0.2, -0.15) is 0 Å². The van der Waals surface area contributed by atoms with Gasteiger partial charge in [-0.15, -0.1) is 0 Å². The monoisotopic (exact) mass is 312 g/mol. The lowest BCUT2D eigenvalue weighted by Crippen LogP contribution is -2.45. The predicted octanol–water partition coefficient (Wildman–Crippen LogP) is 1.99. The van der Waals surface area contributed by atoms with Crippen LogP contribution in [-0.2, 0) is 9.59 Å². The van der Waals surface area contributed by atoms with Crippen molar-refractivity contribution >= 4 is 11.8 Å². The molecule has 0 bridgehead atoms. The van der Waals surface area contributed by atoms with Crippen molar-refractivity contribution in [2.75, 3.05) is 13.2 Å². The number of rotatable bonds is 7. The summed E-state index contributed by atoms with van der Waals surface area (Å²) in [4.78, 5) is 23.7. The first kappa shape index (κ1) is 18.9. The number of hydrogen-bond donors (Lipinski definition) is 3. The maximum Gasteiger partial charge on any atom is 0.239 e. The molecule has 1 atom stereocenters. The molecule has 0 aliphatic heterocycles. The zero-order valence-electron chi connectivity index (χ0n) is 14.3. The third-order valence-corrected chi connectivity index (χ3v) is 4.09. The van der Waals surface area contributed by atoms with E-state index < -0.39 is 0 Å². The summed E-state index contributed by atoms with van der Waals surface area (Å²) in [6.07, 6.45) is 7.17. The summed E-state index contributed by atoms with van der Waals surface area (Å²) < 4.78 is 0. The highest BCUT2D eigenvalue weighted by Crippen LogP contribution is 2.26. The predicted molar refractivity (Wildman–Crippen MR) is 87.3 cm³/mol. The van der Waals surface area contributed by atoms with Crippen molar-refractivity contribution in [1.82, 2.24) is 10.6 Å². The number of amides is 2. The fourth-order valence-electron chi connectivity index (χ4n) is 3.08. The SMILES string of the molecule is CC(C)(C)CC(CO)NC(=O)CNC(=O)CC1CCCCC1. The highest BCUT2D eigenvalue weighted by Gasteiger charge is 2.21. The average molecular weight is 312 g/mol. The summed E-state index contributed by atoms with van der Waals surface area (Å²) in [6.45, 7) is 6.10. The minimum atomic E-state index is -0.261. The minimum absolute atomic E-state index is 0.00774. The fraction of sp³-hybridized carbons (Fsp3) is 0.882. The van der Waals surface area contributed by atoms with E-state index in [4.69, 9.17) is 0 Å². The van der Waals surface area contributed by atoms with Crippen LogP contribution in [0.15, 0.2) is 0 Å². The Bertz CT molecular complexity index is 357. The molecule has 1 saturated carbocycles. The Balaban J connectivity index is 2.24. The van der Waals surface area contributed by atoms with Gasteiger partial charge >= 0.3 is 0 Å². The largest absolute Gasteiger partial charge is 0.394 e. The molecule has 1 unspecified atom stereocenters. The topological polar surface area (TPSA) is 78.4 Å². The molecular weight excluding hydrogens is 280 g/mol. The fourth-order valence-corrected chi connectivity index (χ4v) is 3.08. The van der Waals surface area contributed by atoms with Gasteiger partial charge in [-0.25, -0.2) is 0 Å². The Hall–Kier alpha value is -1.10. The summed E-state index contributed by atoms with van der Waals surface area (Å²) in [6, 6.07) is -0.261. The molecule has 0 aromatic rings. The molecule has 22 heavy (non-hydrogen) atoms. The highest BCUT2D eigenvalue weighted by molar-refractivity contribution is 5.84. The van der Waals surface area contributed by atoms with Gasteiger partial charge < -0.3 is 15.7 Å². The number of hydrogen-bond acceptors (Lipinski definition) is 3. The molecule has 5 heteroatoms. The van der Waals surface area contributed by atoms with Gasteiger partial charge in [0, 0.05) is 6.42 Å². The molecular formula is C17H32N2O3. The molecule has 0 aromatic heterocycles. The molecule has 5 nitrogen and oxygen atoms in total. The Morgan fingerprint density at radius 1 is 1.14 bits per heavy atom. The maximum atomic E-state index is 11.9. The summed E-state index contributed by atoms with van der Waals surface area (Å²) >= 11 is 0. The first-order valence-corrected chi connectivity index (χ1v) is 8.47.